The summed E-state index contributed by atoms with van der Waals surface area (Å²) in [5.74, 6) is 3.06. The Bertz CT molecular complexity index is 1320. The predicted octanol–water partition coefficient (Wildman–Crippen LogP) is 6.24. The van der Waals surface area contributed by atoms with Gasteiger partial charge >= 0.3 is 0 Å². The Hall–Kier alpha value is -3.73. The van der Waals surface area contributed by atoms with Gasteiger partial charge in [0.15, 0.2) is 11.5 Å². The summed E-state index contributed by atoms with van der Waals surface area (Å²) in [6.07, 6.45) is 5.72. The number of ether oxygens (including phenoxy) is 2. The summed E-state index contributed by atoms with van der Waals surface area (Å²) in [5, 5.41) is 0. The molecule has 1 aliphatic heterocycles. The first-order chi connectivity index (χ1) is 18.4. The maximum atomic E-state index is 6.49. The highest BCUT2D eigenvalue weighted by Crippen LogP contribution is 2.53. The van der Waals surface area contributed by atoms with Gasteiger partial charge in [-0.1, -0.05) is 61.2 Å². The molecule has 1 saturated heterocycles. The minimum absolute atomic E-state index is 0.222. The molecule has 38 heavy (non-hydrogen) atoms. The first kappa shape index (κ1) is 25.9. The third kappa shape index (κ3) is 5.02. The Morgan fingerprint density at radius 2 is 1.66 bits per heavy atom. The monoisotopic (exact) mass is 509 g/mol. The van der Waals surface area contributed by atoms with E-state index in [1.165, 1.54) is 24.0 Å². The van der Waals surface area contributed by atoms with Gasteiger partial charge in [0.25, 0.3) is 0 Å². The van der Waals surface area contributed by atoms with Crippen LogP contribution < -0.4 is 15.2 Å². The molecule has 0 saturated carbocycles. The summed E-state index contributed by atoms with van der Waals surface area (Å²) >= 11 is 0. The van der Waals surface area contributed by atoms with Gasteiger partial charge in [-0.15, -0.1) is 0 Å². The van der Waals surface area contributed by atoms with Gasteiger partial charge in [0.1, 0.15) is 11.7 Å². The molecule has 5 rings (SSSR count). The number of rotatable bonds is 8. The molecule has 0 radical (unpaired) electrons. The zero-order chi connectivity index (χ0) is 26.7. The third-order valence-electron chi connectivity index (χ3n) is 8.65. The maximum Gasteiger partial charge on any atom is 0.161 e. The van der Waals surface area contributed by atoms with E-state index in [1.54, 1.807) is 19.8 Å². The van der Waals surface area contributed by atoms with Crippen molar-refractivity contribution < 1.29 is 9.47 Å². The Balaban J connectivity index is 1.36. The van der Waals surface area contributed by atoms with Gasteiger partial charge in [0, 0.05) is 18.7 Å². The van der Waals surface area contributed by atoms with Crippen molar-refractivity contribution in [3.8, 4) is 11.5 Å². The number of nitrogens with zero attached hydrogens (tertiary/aromatic N) is 2. The highest BCUT2D eigenvalue weighted by atomic mass is 16.5. The average molecular weight is 510 g/mol. The lowest BCUT2D eigenvalue weighted by Crippen LogP contribution is -2.43. The van der Waals surface area contributed by atoms with Crippen LogP contribution in [0.5, 0.6) is 11.5 Å². The third-order valence-corrected chi connectivity index (χ3v) is 8.65. The molecule has 0 aromatic heterocycles. The van der Waals surface area contributed by atoms with Crippen LogP contribution >= 0.6 is 0 Å². The Kier molecular flexibility index (Phi) is 7.46. The molecular weight excluding hydrogens is 470 g/mol. The smallest absolute Gasteiger partial charge is 0.161 e. The molecule has 0 bridgehead atoms. The lowest BCUT2D eigenvalue weighted by Gasteiger charge is -2.47. The van der Waals surface area contributed by atoms with Crippen LogP contribution in [0.25, 0.3) is 0 Å². The standard InChI is InChI=1S/C33H39N3O2/c1-23-20-30(37-3)31(38-4)21-28(23)32(34)35-24(2)36-18-16-33(17-19-36,22-25-10-6-5-7-11-25)29-15-14-26-12-8-9-13-27(26)29/h5-13,20-21,29H,2,14-19,22H2,1,3-4H3,(H2,34,35). The van der Waals surface area contributed by atoms with Crippen molar-refractivity contribution in [1.29, 1.82) is 0 Å². The van der Waals surface area contributed by atoms with Gasteiger partial charge in [-0.3, -0.25) is 0 Å². The minimum Gasteiger partial charge on any atom is -0.493 e. The van der Waals surface area contributed by atoms with Gasteiger partial charge < -0.3 is 20.1 Å². The van der Waals surface area contributed by atoms with Crippen molar-refractivity contribution >= 4 is 5.84 Å². The van der Waals surface area contributed by atoms with Gasteiger partial charge in [-0.2, -0.15) is 0 Å². The number of fused-ring (bicyclic) bond motifs is 1. The van der Waals surface area contributed by atoms with Crippen LogP contribution in [-0.2, 0) is 12.8 Å². The summed E-state index contributed by atoms with van der Waals surface area (Å²) < 4.78 is 10.9. The normalized spacial score (nSPS) is 18.7. The van der Waals surface area contributed by atoms with E-state index in [4.69, 9.17) is 20.2 Å². The maximum absolute atomic E-state index is 6.49. The molecule has 1 atom stereocenters. The van der Waals surface area contributed by atoms with Crippen LogP contribution in [0.15, 0.2) is 84.1 Å². The predicted molar refractivity (Wildman–Crippen MR) is 155 cm³/mol. The molecule has 198 valence electrons. The van der Waals surface area contributed by atoms with Crippen LogP contribution in [-0.4, -0.2) is 38.0 Å². The summed E-state index contributed by atoms with van der Waals surface area (Å²) in [5.41, 5.74) is 13.0. The highest BCUT2D eigenvalue weighted by molar-refractivity contribution is 6.00. The number of hydrogen-bond donors (Lipinski definition) is 1. The number of nitrogens with two attached hydrogens (primary N) is 1. The summed E-state index contributed by atoms with van der Waals surface area (Å²) in [6.45, 7) is 8.16. The van der Waals surface area contributed by atoms with Crippen molar-refractivity contribution in [3.05, 3.63) is 107 Å². The second-order valence-corrected chi connectivity index (χ2v) is 10.7. The Morgan fingerprint density at radius 1 is 1.00 bits per heavy atom. The van der Waals surface area contributed by atoms with Crippen molar-refractivity contribution in [3.63, 3.8) is 0 Å². The topological polar surface area (TPSA) is 60.1 Å². The number of amidine groups is 1. The largest absolute Gasteiger partial charge is 0.493 e. The summed E-state index contributed by atoms with van der Waals surface area (Å²) in [7, 11) is 3.26. The fourth-order valence-corrected chi connectivity index (χ4v) is 6.58. The van der Waals surface area contributed by atoms with Gasteiger partial charge in [0.05, 0.1) is 14.2 Å². The van der Waals surface area contributed by atoms with Crippen LogP contribution in [0.3, 0.4) is 0 Å². The van der Waals surface area contributed by atoms with E-state index in [2.05, 4.69) is 66.1 Å². The fourth-order valence-electron chi connectivity index (χ4n) is 6.58. The van der Waals surface area contributed by atoms with E-state index in [0.717, 1.165) is 49.3 Å². The average Bonchev–Trinajstić information content (AvgIpc) is 3.38. The van der Waals surface area contributed by atoms with Gasteiger partial charge in [0.2, 0.25) is 0 Å². The number of likely N-dealkylation sites (tertiary alicyclic amines) is 1. The molecule has 0 spiro atoms. The first-order valence-corrected chi connectivity index (χ1v) is 13.6. The van der Waals surface area contributed by atoms with Crippen molar-refractivity contribution in [2.75, 3.05) is 27.3 Å². The van der Waals surface area contributed by atoms with E-state index < -0.39 is 0 Å². The Morgan fingerprint density at radius 3 is 2.37 bits per heavy atom. The highest BCUT2D eigenvalue weighted by Gasteiger charge is 2.44. The summed E-state index contributed by atoms with van der Waals surface area (Å²) in [6, 6.07) is 23.9. The van der Waals surface area contributed by atoms with Gasteiger partial charge in [-0.25, -0.2) is 4.99 Å². The van der Waals surface area contributed by atoms with E-state index in [9.17, 15) is 0 Å². The number of benzene rings is 3. The van der Waals surface area contributed by atoms with Crippen molar-refractivity contribution in [2.24, 2.45) is 16.1 Å². The second-order valence-electron chi connectivity index (χ2n) is 10.7. The Labute approximate surface area is 227 Å². The van der Waals surface area contributed by atoms with E-state index in [0.29, 0.717) is 23.3 Å². The molecule has 0 amide bonds. The van der Waals surface area contributed by atoms with Crippen molar-refractivity contribution in [1.82, 2.24) is 4.90 Å². The van der Waals surface area contributed by atoms with E-state index >= 15 is 0 Å². The minimum atomic E-state index is 0.222. The molecule has 1 heterocycles. The first-order valence-electron chi connectivity index (χ1n) is 13.6. The molecule has 1 unspecified atom stereocenters. The molecule has 1 aliphatic carbocycles. The zero-order valence-electron chi connectivity index (χ0n) is 22.9. The van der Waals surface area contributed by atoms with Crippen molar-refractivity contribution in [2.45, 2.75) is 44.9 Å². The molecular formula is C33H39N3O2. The van der Waals surface area contributed by atoms with Crippen LogP contribution in [0, 0.1) is 12.3 Å². The molecule has 3 aromatic carbocycles. The van der Waals surface area contributed by atoms with Crippen LogP contribution in [0.4, 0.5) is 0 Å². The fraction of sp³-hybridized carbons (Fsp3) is 0.364. The molecule has 1 fully saturated rings. The molecule has 3 aromatic rings. The quantitative estimate of drug-likeness (QED) is 0.288. The number of methoxy groups -OCH3 is 2. The lowest BCUT2D eigenvalue weighted by molar-refractivity contribution is 0.0946. The SMILES string of the molecule is C=C(/N=C(/N)c1cc(OC)c(OC)cc1C)N1CCC(Cc2ccccc2)(C2CCc3ccccc32)CC1. The zero-order valence-corrected chi connectivity index (χ0v) is 22.9. The lowest BCUT2D eigenvalue weighted by atomic mass is 9.63. The molecule has 2 aliphatic rings. The van der Waals surface area contributed by atoms with E-state index in [1.807, 2.05) is 19.1 Å². The molecule has 5 heteroatoms. The van der Waals surface area contributed by atoms with Crippen LogP contribution in [0.2, 0.25) is 0 Å². The summed E-state index contributed by atoms with van der Waals surface area (Å²) in [4.78, 5) is 7.06. The number of piperidine rings is 1. The van der Waals surface area contributed by atoms with Crippen LogP contribution in [0.1, 0.15) is 53.0 Å². The second kappa shape index (κ2) is 10.9. The number of aliphatic imine (C=N–C) groups is 1. The van der Waals surface area contributed by atoms with E-state index in [-0.39, 0.29) is 5.41 Å². The number of aryl methyl sites for hydroxylation is 2. The molecule has 2 N–H and O–H groups in total. The molecule has 5 nitrogen and oxygen atoms in total. The van der Waals surface area contributed by atoms with Gasteiger partial charge in [-0.05, 0) is 84.7 Å². The number of hydrogen-bond acceptors (Lipinski definition) is 4.